The molecule has 0 fully saturated rings. The molecule has 0 amide bonds. The molecule has 2 rings (SSSR count). The van der Waals surface area contributed by atoms with Gasteiger partial charge in [0.1, 0.15) is 11.5 Å². The lowest BCUT2D eigenvalue weighted by Gasteiger charge is -2.12. The van der Waals surface area contributed by atoms with Gasteiger partial charge in [-0.3, -0.25) is 0 Å². The molecule has 0 saturated carbocycles. The Balaban J connectivity index is 2.31. The summed E-state index contributed by atoms with van der Waals surface area (Å²) in [5, 5.41) is 9.55. The molecule has 0 aliphatic carbocycles. The number of hydrogen-bond acceptors (Lipinski definition) is 2. The highest BCUT2D eigenvalue weighted by Crippen LogP contribution is 2.34. The van der Waals surface area contributed by atoms with E-state index >= 15 is 0 Å². The van der Waals surface area contributed by atoms with Crippen LogP contribution in [0.3, 0.4) is 0 Å². The Labute approximate surface area is 159 Å². The number of halogens is 3. The van der Waals surface area contributed by atoms with Gasteiger partial charge in [0.2, 0.25) is 0 Å². The van der Waals surface area contributed by atoms with Gasteiger partial charge in [-0.05, 0) is 110 Å². The molecule has 0 saturated heterocycles. The van der Waals surface area contributed by atoms with Crippen molar-refractivity contribution in [3.05, 3.63) is 46.6 Å². The second-order valence-corrected chi connectivity index (χ2v) is 7.84. The summed E-state index contributed by atoms with van der Waals surface area (Å²) < 4.78 is 8.99. The predicted molar refractivity (Wildman–Crippen MR) is 107 cm³/mol. The van der Waals surface area contributed by atoms with Crippen molar-refractivity contribution in [2.45, 2.75) is 19.8 Å². The summed E-state index contributed by atoms with van der Waals surface area (Å²) in [5.74, 6) is 1.90. The minimum atomic E-state index is 0.278. The third-order valence-corrected chi connectivity index (χ3v) is 5.20. The van der Waals surface area contributed by atoms with E-state index in [0.29, 0.717) is 0 Å². The maximum Gasteiger partial charge on any atom is 0.154 e. The van der Waals surface area contributed by atoms with Gasteiger partial charge >= 0.3 is 0 Å². The van der Waals surface area contributed by atoms with Crippen molar-refractivity contribution in [1.82, 2.24) is 0 Å². The Kier molecular flexibility index (Phi) is 6.21. The summed E-state index contributed by atoms with van der Waals surface area (Å²) in [5.41, 5.74) is 1.34. The fraction of sp³-hybridized carbons (Fsp3) is 0.200. The fourth-order valence-electron chi connectivity index (χ4n) is 1.81. The molecule has 5 heteroatoms. The smallest absolute Gasteiger partial charge is 0.154 e. The van der Waals surface area contributed by atoms with E-state index in [1.54, 1.807) is 12.1 Å². The second kappa shape index (κ2) is 7.48. The first-order chi connectivity index (χ1) is 9.51. The van der Waals surface area contributed by atoms with E-state index in [2.05, 4.69) is 86.8 Å². The molecule has 0 radical (unpaired) electrons. The second-order valence-electron chi connectivity index (χ2n) is 4.35. The molecule has 106 valence electrons. The Bertz CT molecular complexity index is 604. The van der Waals surface area contributed by atoms with Crippen molar-refractivity contribution in [3.8, 4) is 17.2 Å². The van der Waals surface area contributed by atoms with Crippen molar-refractivity contribution in [2.75, 3.05) is 0 Å². The number of phenolic OH excluding ortho intramolecular Hbond substituents is 1. The number of hydrogen-bond donors (Lipinski definition) is 1. The van der Waals surface area contributed by atoms with Crippen molar-refractivity contribution in [1.29, 1.82) is 0 Å². The van der Waals surface area contributed by atoms with E-state index in [0.717, 1.165) is 35.1 Å². The van der Waals surface area contributed by atoms with Crippen molar-refractivity contribution in [3.63, 3.8) is 0 Å². The normalized spacial score (nSPS) is 10.6. The van der Waals surface area contributed by atoms with Crippen LogP contribution in [0.25, 0.3) is 0 Å². The van der Waals surface area contributed by atoms with Gasteiger partial charge in [0.05, 0.1) is 10.7 Å². The van der Waals surface area contributed by atoms with Crippen LogP contribution >= 0.6 is 67.8 Å². The molecule has 0 atom stereocenters. The molecule has 2 nitrogen and oxygen atoms in total. The first-order valence-electron chi connectivity index (χ1n) is 6.15. The number of aromatic hydroxyl groups is 1. The standard InChI is InChI=1S/C15H13I3O2/c1-2-3-9-6-12(17)15(13(18)7-9)20-10-4-5-14(19)11(16)8-10/h4-8,19H,2-3H2,1H3. The minimum absolute atomic E-state index is 0.278. The van der Waals surface area contributed by atoms with Crippen LogP contribution in [0.4, 0.5) is 0 Å². The van der Waals surface area contributed by atoms with Gasteiger partial charge in [0, 0.05) is 0 Å². The maximum absolute atomic E-state index is 9.55. The fourth-order valence-corrected chi connectivity index (χ4v) is 4.42. The zero-order chi connectivity index (χ0) is 14.7. The van der Waals surface area contributed by atoms with Crippen LogP contribution in [0.5, 0.6) is 17.2 Å². The average molecular weight is 606 g/mol. The van der Waals surface area contributed by atoms with Crippen LogP contribution in [0.1, 0.15) is 18.9 Å². The quantitative estimate of drug-likeness (QED) is 0.437. The van der Waals surface area contributed by atoms with Gasteiger partial charge in [-0.1, -0.05) is 13.3 Å². The maximum atomic E-state index is 9.55. The molecule has 2 aromatic rings. The zero-order valence-corrected chi connectivity index (χ0v) is 17.3. The molecule has 0 aliphatic rings. The van der Waals surface area contributed by atoms with Crippen LogP contribution in [-0.2, 0) is 6.42 Å². The Morgan fingerprint density at radius 3 is 2.20 bits per heavy atom. The van der Waals surface area contributed by atoms with Crippen LogP contribution < -0.4 is 4.74 Å². The van der Waals surface area contributed by atoms with Crippen LogP contribution in [-0.4, -0.2) is 5.11 Å². The Morgan fingerprint density at radius 1 is 1.00 bits per heavy atom. The van der Waals surface area contributed by atoms with Crippen molar-refractivity contribution in [2.24, 2.45) is 0 Å². The number of benzene rings is 2. The lowest BCUT2D eigenvalue weighted by Crippen LogP contribution is -1.94. The first kappa shape index (κ1) is 16.6. The summed E-state index contributed by atoms with van der Waals surface area (Å²) in [4.78, 5) is 0. The molecular weight excluding hydrogens is 593 g/mol. The monoisotopic (exact) mass is 606 g/mol. The number of aryl methyl sites for hydroxylation is 1. The van der Waals surface area contributed by atoms with E-state index in [-0.39, 0.29) is 5.75 Å². The molecule has 0 unspecified atom stereocenters. The highest BCUT2D eigenvalue weighted by atomic mass is 127. The number of rotatable bonds is 4. The van der Waals surface area contributed by atoms with E-state index in [4.69, 9.17) is 4.74 Å². The largest absolute Gasteiger partial charge is 0.507 e. The average Bonchev–Trinajstić information content (AvgIpc) is 2.38. The van der Waals surface area contributed by atoms with Gasteiger partial charge in [-0.15, -0.1) is 0 Å². The van der Waals surface area contributed by atoms with Crippen LogP contribution in [0.15, 0.2) is 30.3 Å². The number of phenols is 1. The van der Waals surface area contributed by atoms with E-state index in [9.17, 15) is 5.11 Å². The highest BCUT2D eigenvalue weighted by molar-refractivity contribution is 14.1. The third-order valence-electron chi connectivity index (χ3n) is 2.74. The van der Waals surface area contributed by atoms with E-state index in [1.165, 1.54) is 5.56 Å². The van der Waals surface area contributed by atoms with E-state index < -0.39 is 0 Å². The molecule has 2 aromatic carbocycles. The van der Waals surface area contributed by atoms with Crippen LogP contribution in [0.2, 0.25) is 0 Å². The topological polar surface area (TPSA) is 29.5 Å². The molecular formula is C15H13I3O2. The van der Waals surface area contributed by atoms with Gasteiger partial charge in [0.25, 0.3) is 0 Å². The van der Waals surface area contributed by atoms with Gasteiger partial charge in [-0.25, -0.2) is 0 Å². The van der Waals surface area contributed by atoms with Crippen molar-refractivity contribution < 1.29 is 9.84 Å². The molecule has 20 heavy (non-hydrogen) atoms. The summed E-state index contributed by atoms with van der Waals surface area (Å²) in [6.45, 7) is 2.18. The minimum Gasteiger partial charge on any atom is -0.507 e. The molecule has 0 spiro atoms. The highest BCUT2D eigenvalue weighted by Gasteiger charge is 2.11. The van der Waals surface area contributed by atoms with Gasteiger partial charge in [-0.2, -0.15) is 0 Å². The Morgan fingerprint density at radius 2 is 1.65 bits per heavy atom. The molecule has 0 heterocycles. The summed E-state index contributed by atoms with van der Waals surface area (Å²) in [6.07, 6.45) is 2.23. The third kappa shape index (κ3) is 4.12. The lowest BCUT2D eigenvalue weighted by atomic mass is 10.1. The zero-order valence-electron chi connectivity index (χ0n) is 10.8. The summed E-state index contributed by atoms with van der Waals surface area (Å²) in [6, 6.07) is 9.62. The molecule has 0 aliphatic heterocycles. The SMILES string of the molecule is CCCc1cc(I)c(Oc2ccc(O)c(I)c2)c(I)c1. The summed E-state index contributed by atoms with van der Waals surface area (Å²) in [7, 11) is 0. The summed E-state index contributed by atoms with van der Waals surface area (Å²) >= 11 is 6.72. The first-order valence-corrected chi connectivity index (χ1v) is 9.39. The van der Waals surface area contributed by atoms with Crippen LogP contribution in [0, 0.1) is 10.7 Å². The molecule has 0 aromatic heterocycles. The van der Waals surface area contributed by atoms with Gasteiger partial charge in [0.15, 0.2) is 5.75 Å². The van der Waals surface area contributed by atoms with Gasteiger partial charge < -0.3 is 9.84 Å². The Hall–Kier alpha value is 0.230. The van der Waals surface area contributed by atoms with Crippen molar-refractivity contribution >= 4 is 67.8 Å². The molecule has 0 bridgehead atoms. The predicted octanol–water partition coefficient (Wildman–Crippen LogP) is 5.95. The van der Waals surface area contributed by atoms with E-state index in [1.807, 2.05) is 6.07 Å². The lowest BCUT2D eigenvalue weighted by molar-refractivity contribution is 0.458. The number of ether oxygens (including phenoxy) is 1. The molecule has 1 N–H and O–H groups in total.